The first-order valence-electron chi connectivity index (χ1n) is 8.73. The van der Waals surface area contributed by atoms with Crippen LogP contribution in [0.3, 0.4) is 0 Å². The van der Waals surface area contributed by atoms with E-state index in [1.807, 2.05) is 19.3 Å². The third-order valence-electron chi connectivity index (χ3n) is 4.48. The highest BCUT2D eigenvalue weighted by molar-refractivity contribution is 7.22. The molecule has 1 aliphatic rings. The number of rotatable bonds is 5. The first-order chi connectivity index (χ1) is 12.7. The topological polar surface area (TPSA) is 57.2 Å². The summed E-state index contributed by atoms with van der Waals surface area (Å²) in [6.07, 6.45) is 3.73. The number of piperazine rings is 1. The third-order valence-corrected chi connectivity index (χ3v) is 5.45. The quantitative estimate of drug-likeness (QED) is 0.743. The number of aromatic nitrogens is 3. The summed E-state index contributed by atoms with van der Waals surface area (Å²) in [6.45, 7) is 7.62. The summed E-state index contributed by atoms with van der Waals surface area (Å²) in [4.78, 5) is 18.0. The number of hydrogen-bond donors (Lipinski definition) is 1. The molecule has 4 rings (SSSR count). The Morgan fingerprint density at radius 3 is 2.69 bits per heavy atom. The van der Waals surface area contributed by atoms with Crippen LogP contribution >= 0.6 is 11.3 Å². The van der Waals surface area contributed by atoms with Gasteiger partial charge in [0.15, 0.2) is 5.13 Å². The van der Waals surface area contributed by atoms with E-state index < -0.39 is 0 Å². The lowest BCUT2D eigenvalue weighted by Crippen LogP contribution is -2.48. The van der Waals surface area contributed by atoms with Crippen LogP contribution < -0.4 is 10.2 Å². The molecule has 2 aromatic heterocycles. The summed E-state index contributed by atoms with van der Waals surface area (Å²) < 4.78 is 14.1. The highest BCUT2D eigenvalue weighted by atomic mass is 32.1. The standard InChI is InChI=1S/C18H21FN6S/c1-13-11-21-17(22-12-13)25-8-6-24(7-9-25)5-4-20-18-23-15-3-2-14(19)10-16(15)26-18/h2-3,10-12H,4-9H2,1H3,(H,20,23). The Labute approximate surface area is 155 Å². The maximum atomic E-state index is 13.3. The molecule has 1 aliphatic heterocycles. The van der Waals surface area contributed by atoms with Gasteiger partial charge in [0, 0.05) is 51.7 Å². The molecule has 3 aromatic rings. The molecule has 0 aliphatic carbocycles. The van der Waals surface area contributed by atoms with Gasteiger partial charge in [-0.05, 0) is 30.7 Å². The normalized spacial score (nSPS) is 15.5. The number of hydrogen-bond acceptors (Lipinski definition) is 7. The fourth-order valence-electron chi connectivity index (χ4n) is 3.02. The molecule has 0 unspecified atom stereocenters. The Balaban J connectivity index is 1.25. The lowest BCUT2D eigenvalue weighted by Gasteiger charge is -2.34. The predicted molar refractivity (Wildman–Crippen MR) is 103 cm³/mol. The molecule has 1 fully saturated rings. The van der Waals surface area contributed by atoms with Gasteiger partial charge in [0.2, 0.25) is 5.95 Å². The molecule has 0 saturated carbocycles. The average Bonchev–Trinajstić information content (AvgIpc) is 3.05. The largest absolute Gasteiger partial charge is 0.360 e. The van der Waals surface area contributed by atoms with Crippen molar-refractivity contribution in [3.8, 4) is 0 Å². The van der Waals surface area contributed by atoms with Gasteiger partial charge >= 0.3 is 0 Å². The van der Waals surface area contributed by atoms with Crippen LogP contribution in [-0.4, -0.2) is 59.1 Å². The SMILES string of the molecule is Cc1cnc(N2CCN(CCNc3nc4ccc(F)cc4s3)CC2)nc1. The molecule has 0 atom stereocenters. The first kappa shape index (κ1) is 17.1. The highest BCUT2D eigenvalue weighted by Crippen LogP contribution is 2.26. The Bertz CT molecular complexity index is 873. The maximum Gasteiger partial charge on any atom is 0.225 e. The van der Waals surface area contributed by atoms with Gasteiger partial charge in [0.05, 0.1) is 10.2 Å². The van der Waals surface area contributed by atoms with E-state index >= 15 is 0 Å². The molecule has 3 heterocycles. The molecule has 8 heteroatoms. The molecule has 0 spiro atoms. The van der Waals surface area contributed by atoms with Gasteiger partial charge in [-0.1, -0.05) is 11.3 Å². The molecular weight excluding hydrogens is 351 g/mol. The summed E-state index contributed by atoms with van der Waals surface area (Å²) in [5.74, 6) is 0.596. The van der Waals surface area contributed by atoms with Gasteiger partial charge in [-0.2, -0.15) is 0 Å². The second kappa shape index (κ2) is 7.51. The zero-order valence-electron chi connectivity index (χ0n) is 14.7. The van der Waals surface area contributed by atoms with Gasteiger partial charge in [-0.3, -0.25) is 4.90 Å². The van der Waals surface area contributed by atoms with Gasteiger partial charge in [0.25, 0.3) is 0 Å². The number of halogens is 1. The number of thiazole rings is 1. The van der Waals surface area contributed by atoms with Crippen LogP contribution in [0, 0.1) is 12.7 Å². The monoisotopic (exact) mass is 372 g/mol. The minimum Gasteiger partial charge on any atom is -0.360 e. The van der Waals surface area contributed by atoms with Gasteiger partial charge in [0.1, 0.15) is 5.82 Å². The van der Waals surface area contributed by atoms with E-state index in [1.165, 1.54) is 23.5 Å². The van der Waals surface area contributed by atoms with Crippen LogP contribution in [0.5, 0.6) is 0 Å². The molecule has 26 heavy (non-hydrogen) atoms. The van der Waals surface area contributed by atoms with E-state index in [0.717, 1.165) is 66.1 Å². The summed E-state index contributed by atoms with van der Waals surface area (Å²) in [5, 5.41) is 4.20. The summed E-state index contributed by atoms with van der Waals surface area (Å²) in [6, 6.07) is 4.70. The zero-order valence-corrected chi connectivity index (χ0v) is 15.5. The van der Waals surface area contributed by atoms with Crippen molar-refractivity contribution in [3.63, 3.8) is 0 Å². The van der Waals surface area contributed by atoms with Crippen LogP contribution in [-0.2, 0) is 0 Å². The minimum atomic E-state index is -0.219. The van der Waals surface area contributed by atoms with E-state index in [0.29, 0.717) is 0 Å². The lowest BCUT2D eigenvalue weighted by atomic mass is 10.3. The second-order valence-electron chi connectivity index (χ2n) is 6.45. The van der Waals surface area contributed by atoms with Crippen LogP contribution in [0.1, 0.15) is 5.56 Å². The van der Waals surface area contributed by atoms with Crippen molar-refractivity contribution in [1.29, 1.82) is 0 Å². The number of fused-ring (bicyclic) bond motifs is 1. The number of aryl methyl sites for hydroxylation is 1. The van der Waals surface area contributed by atoms with Crippen molar-refractivity contribution in [3.05, 3.63) is 42.0 Å². The Hall–Kier alpha value is -2.32. The zero-order chi connectivity index (χ0) is 17.9. The van der Waals surface area contributed by atoms with Gasteiger partial charge < -0.3 is 10.2 Å². The van der Waals surface area contributed by atoms with Crippen LogP contribution in [0.15, 0.2) is 30.6 Å². The van der Waals surface area contributed by atoms with E-state index in [4.69, 9.17) is 0 Å². The van der Waals surface area contributed by atoms with E-state index in [1.54, 1.807) is 6.07 Å². The number of nitrogens with one attached hydrogen (secondary N) is 1. The fourth-order valence-corrected chi connectivity index (χ4v) is 3.93. The predicted octanol–water partition coefficient (Wildman–Crippen LogP) is 2.77. The maximum absolute atomic E-state index is 13.3. The molecule has 1 aromatic carbocycles. The van der Waals surface area contributed by atoms with Crippen LogP contribution in [0.25, 0.3) is 10.2 Å². The number of benzene rings is 1. The van der Waals surface area contributed by atoms with E-state index in [-0.39, 0.29) is 5.82 Å². The van der Waals surface area contributed by atoms with Crippen LogP contribution in [0.4, 0.5) is 15.5 Å². The van der Waals surface area contributed by atoms with Crippen molar-refractivity contribution in [1.82, 2.24) is 19.9 Å². The Morgan fingerprint density at radius 1 is 1.15 bits per heavy atom. The molecule has 1 N–H and O–H groups in total. The molecule has 136 valence electrons. The minimum absolute atomic E-state index is 0.219. The number of anilines is 2. The average molecular weight is 372 g/mol. The summed E-state index contributed by atoms with van der Waals surface area (Å²) >= 11 is 1.49. The summed E-state index contributed by atoms with van der Waals surface area (Å²) in [5.41, 5.74) is 1.92. The van der Waals surface area contributed by atoms with Crippen molar-refractivity contribution in [2.24, 2.45) is 0 Å². The van der Waals surface area contributed by atoms with E-state index in [2.05, 4.69) is 30.1 Å². The van der Waals surface area contributed by atoms with Crippen molar-refractivity contribution in [2.45, 2.75) is 6.92 Å². The summed E-state index contributed by atoms with van der Waals surface area (Å²) in [7, 11) is 0. The van der Waals surface area contributed by atoms with Crippen molar-refractivity contribution >= 4 is 32.6 Å². The number of nitrogens with zero attached hydrogens (tertiary/aromatic N) is 5. The fraction of sp³-hybridized carbons (Fsp3) is 0.389. The molecule has 6 nitrogen and oxygen atoms in total. The van der Waals surface area contributed by atoms with Crippen molar-refractivity contribution in [2.75, 3.05) is 49.5 Å². The first-order valence-corrected chi connectivity index (χ1v) is 9.55. The van der Waals surface area contributed by atoms with Gasteiger partial charge in [-0.25, -0.2) is 19.3 Å². The molecular formula is C18H21FN6S. The third kappa shape index (κ3) is 3.91. The van der Waals surface area contributed by atoms with E-state index in [9.17, 15) is 4.39 Å². The van der Waals surface area contributed by atoms with Gasteiger partial charge in [-0.15, -0.1) is 0 Å². The molecule has 0 amide bonds. The Kier molecular flexibility index (Phi) is 4.94. The highest BCUT2D eigenvalue weighted by Gasteiger charge is 2.18. The molecule has 0 bridgehead atoms. The van der Waals surface area contributed by atoms with Crippen molar-refractivity contribution < 1.29 is 4.39 Å². The smallest absolute Gasteiger partial charge is 0.225 e. The molecule has 1 saturated heterocycles. The molecule has 0 radical (unpaired) electrons. The van der Waals surface area contributed by atoms with Crippen LogP contribution in [0.2, 0.25) is 0 Å². The Morgan fingerprint density at radius 2 is 1.92 bits per heavy atom. The second-order valence-corrected chi connectivity index (χ2v) is 7.48. The lowest BCUT2D eigenvalue weighted by molar-refractivity contribution is 0.266.